The summed E-state index contributed by atoms with van der Waals surface area (Å²) in [6, 6.07) is 4.74. The fourth-order valence-corrected chi connectivity index (χ4v) is 3.30. The van der Waals surface area contributed by atoms with Gasteiger partial charge in [-0.15, -0.1) is 0 Å². The number of hydrogen-bond acceptors (Lipinski definition) is 5. The molecule has 0 saturated carbocycles. The van der Waals surface area contributed by atoms with Gasteiger partial charge in [-0.05, 0) is 56.4 Å². The van der Waals surface area contributed by atoms with E-state index < -0.39 is 29.0 Å². The minimum Gasteiger partial charge on any atom is -0.358 e. The van der Waals surface area contributed by atoms with E-state index in [0.29, 0.717) is 16.1 Å². The molecule has 0 heterocycles. The van der Waals surface area contributed by atoms with Crippen molar-refractivity contribution in [2.24, 2.45) is 5.41 Å². The van der Waals surface area contributed by atoms with Crippen molar-refractivity contribution in [1.82, 2.24) is 0 Å². The Morgan fingerprint density at radius 2 is 1.79 bits per heavy atom. The van der Waals surface area contributed by atoms with E-state index in [4.69, 9.17) is 20.9 Å². The van der Waals surface area contributed by atoms with Gasteiger partial charge in [0.1, 0.15) is 0 Å². The average Bonchev–Trinajstić information content (AvgIpc) is 2.50. The van der Waals surface area contributed by atoms with Crippen LogP contribution in [0.2, 0.25) is 5.02 Å². The predicted octanol–water partition coefficient (Wildman–Crippen LogP) is 6.84. The second-order valence-corrected chi connectivity index (χ2v) is 11.1. The first-order chi connectivity index (χ1) is 12.5. The molecular formula is C19H28ClFNO5P. The monoisotopic (exact) mass is 435 g/mol. The van der Waals surface area contributed by atoms with Crippen LogP contribution in [0.5, 0.6) is 0 Å². The van der Waals surface area contributed by atoms with Gasteiger partial charge in [0.15, 0.2) is 5.34 Å². The molecule has 1 aromatic carbocycles. The second kappa shape index (κ2) is 8.62. The Bertz CT molecular complexity index is 802. The maximum absolute atomic E-state index is 15.1. The molecule has 0 fully saturated rings. The molecule has 6 nitrogen and oxygen atoms in total. The van der Waals surface area contributed by atoms with E-state index in [1.807, 2.05) is 20.8 Å². The van der Waals surface area contributed by atoms with Gasteiger partial charge >= 0.3 is 7.68 Å². The largest absolute Gasteiger partial charge is 0.398 e. The third-order valence-corrected chi connectivity index (χ3v) is 7.31. The molecular weight excluding hydrogens is 408 g/mol. The van der Waals surface area contributed by atoms with E-state index in [9.17, 15) is 14.7 Å². The Hall–Kier alpha value is -1.27. The molecule has 1 atom stereocenters. The Morgan fingerprint density at radius 3 is 2.29 bits per heavy atom. The first-order valence-electron chi connectivity index (χ1n) is 8.73. The highest BCUT2D eigenvalue weighted by Crippen LogP contribution is 2.64. The Morgan fingerprint density at radius 1 is 1.21 bits per heavy atom. The molecule has 0 aliphatic rings. The molecule has 0 amide bonds. The maximum Gasteiger partial charge on any atom is 0.398 e. The van der Waals surface area contributed by atoms with Crippen LogP contribution in [0.25, 0.3) is 6.08 Å². The van der Waals surface area contributed by atoms with E-state index in [2.05, 4.69) is 0 Å². The molecule has 0 radical (unpaired) electrons. The van der Waals surface area contributed by atoms with Crippen LogP contribution in [0.15, 0.2) is 24.4 Å². The van der Waals surface area contributed by atoms with Crippen LogP contribution in [0.3, 0.4) is 0 Å². The van der Waals surface area contributed by atoms with Crippen LogP contribution in [-0.4, -0.2) is 15.9 Å². The normalized spacial score (nSPS) is 15.6. The zero-order valence-corrected chi connectivity index (χ0v) is 18.9. The molecule has 1 rings (SSSR count). The predicted molar refractivity (Wildman–Crippen MR) is 110 cm³/mol. The lowest BCUT2D eigenvalue weighted by Gasteiger charge is -2.41. The van der Waals surface area contributed by atoms with E-state index >= 15 is 4.20 Å². The number of halogens is 2. The smallest absolute Gasteiger partial charge is 0.358 e. The van der Waals surface area contributed by atoms with Crippen LogP contribution < -0.4 is 0 Å². The zero-order valence-electron chi connectivity index (χ0n) is 17.3. The number of nitro groups is 1. The first-order valence-corrected chi connectivity index (χ1v) is 10.6. The summed E-state index contributed by atoms with van der Waals surface area (Å²) in [5.74, 6) is 0. The fraction of sp³-hybridized carbons (Fsp3) is 0.579. The second-order valence-electron chi connectivity index (χ2n) is 8.52. The van der Waals surface area contributed by atoms with Crippen LogP contribution in [-0.2, 0) is 20.4 Å². The molecule has 28 heavy (non-hydrogen) atoms. The van der Waals surface area contributed by atoms with Crippen molar-refractivity contribution in [2.45, 2.75) is 66.0 Å². The van der Waals surface area contributed by atoms with Gasteiger partial charge in [-0.25, -0.2) is 0 Å². The van der Waals surface area contributed by atoms with Crippen molar-refractivity contribution in [2.75, 3.05) is 0 Å². The molecule has 1 unspecified atom stereocenters. The SMILES string of the molecule is CC(C)(C)C(C)(C)OP(=O)(F)C(C)(C)OCc1cc(C=C[N+](=O)[O-])ccc1Cl. The van der Waals surface area contributed by atoms with Gasteiger partial charge in [0.05, 0.1) is 17.1 Å². The van der Waals surface area contributed by atoms with Crippen molar-refractivity contribution in [1.29, 1.82) is 0 Å². The van der Waals surface area contributed by atoms with E-state index in [-0.39, 0.29) is 6.61 Å². The van der Waals surface area contributed by atoms with Gasteiger partial charge in [0.25, 0.3) is 0 Å². The molecule has 1 aromatic rings. The zero-order chi connectivity index (χ0) is 22.0. The number of benzene rings is 1. The van der Waals surface area contributed by atoms with Gasteiger partial charge in [-0.3, -0.25) is 19.2 Å². The van der Waals surface area contributed by atoms with Crippen LogP contribution >= 0.6 is 19.3 Å². The third kappa shape index (κ3) is 6.38. The molecule has 0 aliphatic heterocycles. The van der Waals surface area contributed by atoms with Crippen molar-refractivity contribution < 1.29 is 22.9 Å². The maximum atomic E-state index is 15.1. The van der Waals surface area contributed by atoms with Crippen LogP contribution in [0.1, 0.15) is 59.6 Å². The number of nitrogens with zero attached hydrogens (tertiary/aromatic N) is 1. The molecule has 0 bridgehead atoms. The quantitative estimate of drug-likeness (QED) is 0.253. The highest BCUT2D eigenvalue weighted by molar-refractivity contribution is 7.54. The summed E-state index contributed by atoms with van der Waals surface area (Å²) in [4.78, 5) is 9.88. The standard InChI is InChI=1S/C19H28ClFNO5P/c1-17(2,3)18(4,5)27-28(21,25)19(6,7)26-13-15-12-14(8-9-16(15)20)10-11-22(23)24/h8-12H,13H2,1-7H3. The van der Waals surface area contributed by atoms with Crippen molar-refractivity contribution in [3.05, 3.63) is 50.7 Å². The average molecular weight is 436 g/mol. The van der Waals surface area contributed by atoms with Crippen molar-refractivity contribution >= 4 is 25.4 Å². The van der Waals surface area contributed by atoms with Gasteiger partial charge < -0.3 is 4.74 Å². The van der Waals surface area contributed by atoms with Gasteiger partial charge in [0, 0.05) is 11.1 Å². The minimum absolute atomic E-state index is 0.140. The highest BCUT2D eigenvalue weighted by atomic mass is 35.5. The Labute approximate surface area is 170 Å². The molecule has 0 aromatic heterocycles. The lowest BCUT2D eigenvalue weighted by Crippen LogP contribution is -2.40. The van der Waals surface area contributed by atoms with Crippen LogP contribution in [0, 0.1) is 15.5 Å². The van der Waals surface area contributed by atoms with Gasteiger partial charge in [-0.1, -0.05) is 38.4 Å². The lowest BCUT2D eigenvalue weighted by atomic mass is 9.79. The summed E-state index contributed by atoms with van der Waals surface area (Å²) in [5, 5.41) is 9.09. The molecule has 0 aliphatic carbocycles. The topological polar surface area (TPSA) is 78.7 Å². The molecule has 9 heteroatoms. The molecule has 0 saturated heterocycles. The van der Waals surface area contributed by atoms with E-state index in [1.54, 1.807) is 32.0 Å². The van der Waals surface area contributed by atoms with Crippen molar-refractivity contribution in [3.8, 4) is 0 Å². The Balaban J connectivity index is 3.00. The molecule has 0 spiro atoms. The lowest BCUT2D eigenvalue weighted by molar-refractivity contribution is -0.400. The summed E-state index contributed by atoms with van der Waals surface area (Å²) >= 11 is 6.14. The number of ether oxygens (including phenoxy) is 1. The van der Waals surface area contributed by atoms with E-state index in [1.165, 1.54) is 19.9 Å². The molecule has 158 valence electrons. The highest BCUT2D eigenvalue weighted by Gasteiger charge is 2.50. The summed E-state index contributed by atoms with van der Waals surface area (Å²) in [6.07, 6.45) is 2.11. The number of rotatable bonds is 8. The Kier molecular flexibility index (Phi) is 7.62. The van der Waals surface area contributed by atoms with E-state index in [0.717, 1.165) is 6.20 Å². The summed E-state index contributed by atoms with van der Waals surface area (Å²) < 4.78 is 38.8. The van der Waals surface area contributed by atoms with Crippen LogP contribution in [0.4, 0.5) is 4.20 Å². The fourth-order valence-electron chi connectivity index (χ4n) is 1.83. The summed E-state index contributed by atoms with van der Waals surface area (Å²) in [7, 11) is -4.67. The first kappa shape index (κ1) is 24.8. The van der Waals surface area contributed by atoms with Gasteiger partial charge in [0.2, 0.25) is 6.20 Å². The number of hydrogen-bond donors (Lipinski definition) is 0. The van der Waals surface area contributed by atoms with Crippen molar-refractivity contribution in [3.63, 3.8) is 0 Å². The molecule has 0 N–H and O–H groups in total. The van der Waals surface area contributed by atoms with Gasteiger partial charge in [-0.2, -0.15) is 4.20 Å². The minimum atomic E-state index is -4.67. The third-order valence-electron chi connectivity index (χ3n) is 4.83. The summed E-state index contributed by atoms with van der Waals surface area (Å²) in [6.45, 7) is 11.5. The summed E-state index contributed by atoms with van der Waals surface area (Å²) in [5.41, 5.74) is -0.435.